The third-order valence-electron chi connectivity index (χ3n) is 3.82. The summed E-state index contributed by atoms with van der Waals surface area (Å²) in [7, 11) is -3.51. The van der Waals surface area contributed by atoms with Gasteiger partial charge < -0.3 is 9.47 Å². The largest absolute Gasteiger partial charge is 0.489 e. The van der Waals surface area contributed by atoms with Crippen LogP contribution in [0.15, 0.2) is 51.8 Å². The van der Waals surface area contributed by atoms with Gasteiger partial charge in [0.15, 0.2) is 0 Å². The Labute approximate surface area is 154 Å². The number of nitrogens with zero attached hydrogens (tertiary/aromatic N) is 1. The van der Waals surface area contributed by atoms with Gasteiger partial charge >= 0.3 is 0 Å². The van der Waals surface area contributed by atoms with Crippen LogP contribution in [0.3, 0.4) is 0 Å². The number of hydrogen-bond donors (Lipinski definition) is 0. The molecule has 1 aliphatic rings. The van der Waals surface area contributed by atoms with Crippen molar-refractivity contribution in [3.05, 3.63) is 58.3 Å². The van der Waals surface area contributed by atoms with Gasteiger partial charge in [0.2, 0.25) is 10.0 Å². The second kappa shape index (κ2) is 7.82. The lowest BCUT2D eigenvalue weighted by atomic mass is 10.2. The Balaban J connectivity index is 1.66. The Kier molecular flexibility index (Phi) is 5.73. The highest BCUT2D eigenvalue weighted by Crippen LogP contribution is 2.22. The molecule has 2 aromatic rings. The van der Waals surface area contributed by atoms with Crippen molar-refractivity contribution in [3.63, 3.8) is 0 Å². The minimum absolute atomic E-state index is 0.228. The lowest BCUT2D eigenvalue weighted by Gasteiger charge is -2.26. The summed E-state index contributed by atoms with van der Waals surface area (Å²) in [6, 6.07) is 10.9. The number of halogens is 2. The number of ether oxygens (including phenoxy) is 2. The molecule has 0 aromatic heterocycles. The van der Waals surface area contributed by atoms with Gasteiger partial charge in [-0.2, -0.15) is 4.31 Å². The summed E-state index contributed by atoms with van der Waals surface area (Å²) in [6.45, 7) is 1.80. The van der Waals surface area contributed by atoms with Crippen LogP contribution >= 0.6 is 15.9 Å². The molecule has 0 spiro atoms. The van der Waals surface area contributed by atoms with Crippen LogP contribution in [0.1, 0.15) is 5.56 Å². The Morgan fingerprint density at radius 3 is 2.44 bits per heavy atom. The third-order valence-corrected chi connectivity index (χ3v) is 6.34. The van der Waals surface area contributed by atoms with E-state index in [0.29, 0.717) is 36.5 Å². The monoisotopic (exact) mass is 429 g/mol. The first-order valence-corrected chi connectivity index (χ1v) is 9.95. The zero-order valence-corrected chi connectivity index (χ0v) is 15.7. The quantitative estimate of drug-likeness (QED) is 0.732. The van der Waals surface area contributed by atoms with Crippen LogP contribution in [0, 0.1) is 5.82 Å². The summed E-state index contributed by atoms with van der Waals surface area (Å²) < 4.78 is 50.9. The predicted molar refractivity (Wildman–Crippen MR) is 94.5 cm³/mol. The van der Waals surface area contributed by atoms with Gasteiger partial charge in [0.1, 0.15) is 18.2 Å². The third kappa shape index (κ3) is 4.38. The molecule has 3 rings (SSSR count). The highest BCUT2D eigenvalue weighted by atomic mass is 79.9. The standard InChI is InChI=1S/C17H17BrFNO4S/c18-16-11-13(1-6-17(16)19)12-24-14-2-4-15(5-3-14)25(21,22)20-7-9-23-10-8-20/h1-6,11H,7-10,12H2. The maximum absolute atomic E-state index is 13.2. The zero-order valence-electron chi connectivity index (χ0n) is 13.3. The average Bonchev–Trinajstić information content (AvgIpc) is 2.64. The van der Waals surface area contributed by atoms with Gasteiger partial charge in [-0.3, -0.25) is 0 Å². The number of morpholine rings is 1. The number of rotatable bonds is 5. The Morgan fingerprint density at radius 1 is 1.12 bits per heavy atom. The topological polar surface area (TPSA) is 55.8 Å². The SMILES string of the molecule is O=S(=O)(c1ccc(OCc2ccc(F)c(Br)c2)cc1)N1CCOCC1. The lowest BCUT2D eigenvalue weighted by molar-refractivity contribution is 0.0730. The highest BCUT2D eigenvalue weighted by Gasteiger charge is 2.26. The normalized spacial score (nSPS) is 15.9. The van der Waals surface area contributed by atoms with E-state index < -0.39 is 10.0 Å². The molecule has 0 bridgehead atoms. The molecule has 0 amide bonds. The summed E-state index contributed by atoms with van der Waals surface area (Å²) in [4.78, 5) is 0.228. The van der Waals surface area contributed by atoms with Crippen molar-refractivity contribution in [1.29, 1.82) is 0 Å². The summed E-state index contributed by atoms with van der Waals surface area (Å²) >= 11 is 3.13. The van der Waals surface area contributed by atoms with Crippen LogP contribution in [0.4, 0.5) is 4.39 Å². The van der Waals surface area contributed by atoms with E-state index in [9.17, 15) is 12.8 Å². The maximum Gasteiger partial charge on any atom is 0.243 e. The van der Waals surface area contributed by atoms with E-state index in [-0.39, 0.29) is 17.3 Å². The van der Waals surface area contributed by atoms with E-state index in [1.165, 1.54) is 22.5 Å². The summed E-state index contributed by atoms with van der Waals surface area (Å²) in [5.41, 5.74) is 0.804. The van der Waals surface area contributed by atoms with Gasteiger partial charge in [-0.1, -0.05) is 6.07 Å². The fourth-order valence-corrected chi connectivity index (χ4v) is 4.27. The summed E-state index contributed by atoms with van der Waals surface area (Å²) in [5, 5.41) is 0. The lowest BCUT2D eigenvalue weighted by Crippen LogP contribution is -2.40. The fraction of sp³-hybridized carbons (Fsp3) is 0.294. The smallest absolute Gasteiger partial charge is 0.243 e. The maximum atomic E-state index is 13.2. The summed E-state index contributed by atoms with van der Waals surface area (Å²) in [6.07, 6.45) is 0. The van der Waals surface area contributed by atoms with Crippen molar-refractivity contribution in [2.24, 2.45) is 0 Å². The Morgan fingerprint density at radius 2 is 1.80 bits per heavy atom. The zero-order chi connectivity index (χ0) is 17.9. The van der Waals surface area contributed by atoms with Crippen molar-refractivity contribution in [2.75, 3.05) is 26.3 Å². The molecule has 0 unspecified atom stereocenters. The minimum Gasteiger partial charge on any atom is -0.489 e. The predicted octanol–water partition coefficient (Wildman–Crippen LogP) is 3.19. The summed E-state index contributed by atoms with van der Waals surface area (Å²) in [5.74, 6) is 0.211. The Hall–Kier alpha value is -1.48. The van der Waals surface area contributed by atoms with E-state index >= 15 is 0 Å². The molecule has 0 atom stereocenters. The van der Waals surface area contributed by atoms with Crippen molar-refractivity contribution in [1.82, 2.24) is 4.31 Å². The molecule has 8 heteroatoms. The van der Waals surface area contributed by atoms with Gasteiger partial charge in [-0.05, 0) is 57.9 Å². The van der Waals surface area contributed by atoms with E-state index in [2.05, 4.69) is 15.9 Å². The molecule has 5 nitrogen and oxygen atoms in total. The van der Waals surface area contributed by atoms with Crippen molar-refractivity contribution < 1.29 is 22.3 Å². The molecular formula is C17H17BrFNO4S. The average molecular weight is 430 g/mol. The molecule has 1 saturated heterocycles. The first kappa shape index (κ1) is 18.3. The van der Waals surface area contributed by atoms with Crippen LogP contribution < -0.4 is 4.74 Å². The van der Waals surface area contributed by atoms with E-state index in [1.54, 1.807) is 24.3 Å². The van der Waals surface area contributed by atoms with Crippen LogP contribution in [0.25, 0.3) is 0 Å². The molecule has 25 heavy (non-hydrogen) atoms. The van der Waals surface area contributed by atoms with Crippen LogP contribution in [0.2, 0.25) is 0 Å². The number of sulfonamides is 1. The molecule has 2 aromatic carbocycles. The van der Waals surface area contributed by atoms with Crippen molar-refractivity contribution in [3.8, 4) is 5.75 Å². The van der Waals surface area contributed by atoms with E-state index in [4.69, 9.17) is 9.47 Å². The second-order valence-corrected chi connectivity index (χ2v) is 8.32. The van der Waals surface area contributed by atoms with Gasteiger partial charge in [0.25, 0.3) is 0 Å². The van der Waals surface area contributed by atoms with Gasteiger partial charge in [0, 0.05) is 13.1 Å². The molecule has 1 heterocycles. The number of hydrogen-bond acceptors (Lipinski definition) is 4. The van der Waals surface area contributed by atoms with Crippen LogP contribution in [0.5, 0.6) is 5.75 Å². The fourth-order valence-electron chi connectivity index (χ4n) is 2.44. The molecule has 1 aliphatic heterocycles. The van der Waals surface area contributed by atoms with Gasteiger partial charge in [-0.15, -0.1) is 0 Å². The minimum atomic E-state index is -3.51. The Bertz CT molecular complexity index is 836. The molecule has 0 N–H and O–H groups in total. The van der Waals surface area contributed by atoms with E-state index in [1.807, 2.05) is 0 Å². The van der Waals surface area contributed by atoms with Crippen LogP contribution in [-0.4, -0.2) is 39.0 Å². The first-order chi connectivity index (χ1) is 12.0. The first-order valence-electron chi connectivity index (χ1n) is 7.71. The highest BCUT2D eigenvalue weighted by molar-refractivity contribution is 9.10. The molecule has 0 aliphatic carbocycles. The molecule has 134 valence electrons. The van der Waals surface area contributed by atoms with Crippen molar-refractivity contribution in [2.45, 2.75) is 11.5 Å². The molecular weight excluding hydrogens is 413 g/mol. The van der Waals surface area contributed by atoms with Crippen LogP contribution in [-0.2, 0) is 21.4 Å². The molecule has 1 fully saturated rings. The van der Waals surface area contributed by atoms with E-state index in [0.717, 1.165) is 5.56 Å². The number of benzene rings is 2. The van der Waals surface area contributed by atoms with Gasteiger partial charge in [-0.25, -0.2) is 12.8 Å². The molecule has 0 radical (unpaired) electrons. The molecule has 0 saturated carbocycles. The van der Waals surface area contributed by atoms with Crippen molar-refractivity contribution >= 4 is 26.0 Å². The second-order valence-electron chi connectivity index (χ2n) is 5.52. The van der Waals surface area contributed by atoms with Gasteiger partial charge in [0.05, 0.1) is 22.6 Å².